The molecule has 12 heteroatoms. The minimum absolute atomic E-state index is 0.000272. The number of rotatable bonds is 4. The van der Waals surface area contributed by atoms with E-state index in [1.807, 2.05) is 0 Å². The molecule has 1 atom stereocenters. The Kier molecular flexibility index (Phi) is 5.71. The van der Waals surface area contributed by atoms with Gasteiger partial charge in [0.2, 0.25) is 5.82 Å². The summed E-state index contributed by atoms with van der Waals surface area (Å²) in [5.41, 5.74) is 0.394. The number of hydroxylamine groups is 2. The first-order valence-corrected chi connectivity index (χ1v) is 8.67. The number of pyridine rings is 1. The van der Waals surface area contributed by atoms with Gasteiger partial charge in [-0.3, -0.25) is 10.2 Å². The lowest BCUT2D eigenvalue weighted by Gasteiger charge is -2.17. The molecule has 0 aliphatic rings. The number of hydrogen-bond acceptors (Lipinski definition) is 6. The highest BCUT2D eigenvalue weighted by atomic mass is 35.5. The van der Waals surface area contributed by atoms with Gasteiger partial charge in [0.05, 0.1) is 24.3 Å². The Bertz CT molecular complexity index is 1070. The largest absolute Gasteiger partial charge is 0.341 e. The molecule has 152 valence electrons. The average Bonchev–Trinajstić information content (AvgIpc) is 3.06. The number of nitrogens with one attached hydrogen (secondary N) is 1. The number of aryl methyl sites for hydroxylation is 1. The summed E-state index contributed by atoms with van der Waals surface area (Å²) in [6.45, 7) is 1.50. The van der Waals surface area contributed by atoms with Crippen molar-refractivity contribution < 1.29 is 18.8 Å². The Labute approximate surface area is 168 Å². The van der Waals surface area contributed by atoms with Crippen molar-refractivity contribution in [2.75, 3.05) is 7.05 Å². The van der Waals surface area contributed by atoms with E-state index in [1.165, 1.54) is 26.2 Å². The topological polar surface area (TPSA) is 109 Å². The van der Waals surface area contributed by atoms with Crippen LogP contribution in [-0.2, 0) is 7.05 Å². The molecule has 2 amide bonds. The van der Waals surface area contributed by atoms with Crippen LogP contribution >= 0.6 is 11.6 Å². The van der Waals surface area contributed by atoms with Gasteiger partial charge >= 0.3 is 6.03 Å². The number of urea groups is 1. The van der Waals surface area contributed by atoms with Crippen LogP contribution in [0.2, 0.25) is 5.02 Å². The van der Waals surface area contributed by atoms with Gasteiger partial charge in [-0.15, -0.1) is 10.2 Å². The second kappa shape index (κ2) is 8.05. The van der Waals surface area contributed by atoms with Crippen LogP contribution in [0, 0.1) is 11.6 Å². The maximum absolute atomic E-state index is 14.7. The first-order valence-electron chi connectivity index (χ1n) is 8.29. The van der Waals surface area contributed by atoms with E-state index in [9.17, 15) is 13.6 Å². The van der Waals surface area contributed by atoms with Crippen LogP contribution in [0.3, 0.4) is 0 Å². The van der Waals surface area contributed by atoms with Gasteiger partial charge in [0, 0.05) is 23.8 Å². The lowest BCUT2D eigenvalue weighted by Crippen LogP contribution is -2.37. The second-order valence-corrected chi connectivity index (χ2v) is 6.63. The van der Waals surface area contributed by atoms with Gasteiger partial charge in [-0.05, 0) is 35.9 Å². The molecule has 2 N–H and O–H groups in total. The number of hydrogen-bond donors (Lipinski definition) is 2. The molecule has 0 saturated carbocycles. The summed E-state index contributed by atoms with van der Waals surface area (Å²) in [7, 11) is 2.66. The summed E-state index contributed by atoms with van der Waals surface area (Å²) in [5, 5.41) is 23.4. The van der Waals surface area contributed by atoms with E-state index in [0.29, 0.717) is 5.06 Å². The zero-order chi connectivity index (χ0) is 21.3. The molecule has 0 aliphatic carbocycles. The van der Waals surface area contributed by atoms with Crippen LogP contribution in [0.25, 0.3) is 22.5 Å². The minimum atomic E-state index is -0.830. The normalized spacial score (nSPS) is 12.0. The van der Waals surface area contributed by atoms with E-state index in [-0.39, 0.29) is 33.2 Å². The van der Waals surface area contributed by atoms with Crippen LogP contribution in [0.1, 0.15) is 18.7 Å². The fourth-order valence-corrected chi connectivity index (χ4v) is 2.88. The van der Waals surface area contributed by atoms with Crippen molar-refractivity contribution in [3.8, 4) is 22.5 Å². The van der Waals surface area contributed by atoms with E-state index in [2.05, 4.69) is 25.7 Å². The molecule has 2 aromatic heterocycles. The van der Waals surface area contributed by atoms with Crippen molar-refractivity contribution in [2.24, 2.45) is 7.05 Å². The number of nitrogens with zero attached hydrogens (tertiary/aromatic N) is 6. The highest BCUT2D eigenvalue weighted by Crippen LogP contribution is 2.35. The Morgan fingerprint density at radius 2 is 2.03 bits per heavy atom. The molecule has 2 heterocycles. The van der Waals surface area contributed by atoms with Crippen molar-refractivity contribution >= 4 is 17.6 Å². The van der Waals surface area contributed by atoms with Crippen molar-refractivity contribution in [3.63, 3.8) is 0 Å². The minimum Gasteiger partial charge on any atom is -0.328 e. The molecule has 0 spiro atoms. The summed E-state index contributed by atoms with van der Waals surface area (Å²) in [4.78, 5) is 16.8. The summed E-state index contributed by atoms with van der Waals surface area (Å²) in [6.07, 6.45) is 1.31. The maximum atomic E-state index is 14.7. The highest BCUT2D eigenvalue weighted by Gasteiger charge is 2.22. The van der Waals surface area contributed by atoms with E-state index in [4.69, 9.17) is 16.8 Å². The third-order valence-electron chi connectivity index (χ3n) is 4.01. The number of halogens is 3. The van der Waals surface area contributed by atoms with Crippen molar-refractivity contribution in [2.45, 2.75) is 13.0 Å². The first kappa shape index (κ1) is 20.6. The van der Waals surface area contributed by atoms with Crippen LogP contribution in [0.15, 0.2) is 24.4 Å². The highest BCUT2D eigenvalue weighted by molar-refractivity contribution is 6.31. The maximum Gasteiger partial charge on any atom is 0.341 e. The molecule has 0 fully saturated rings. The van der Waals surface area contributed by atoms with E-state index in [1.54, 1.807) is 0 Å². The molecule has 1 aromatic carbocycles. The monoisotopic (exact) mass is 423 g/mol. The molecule has 0 radical (unpaired) electrons. The fourth-order valence-electron chi connectivity index (χ4n) is 2.67. The Morgan fingerprint density at radius 1 is 1.31 bits per heavy atom. The van der Waals surface area contributed by atoms with Crippen molar-refractivity contribution in [1.29, 1.82) is 0 Å². The van der Waals surface area contributed by atoms with Crippen LogP contribution in [0.5, 0.6) is 0 Å². The summed E-state index contributed by atoms with van der Waals surface area (Å²) in [5.74, 6) is -1.43. The van der Waals surface area contributed by atoms with Gasteiger partial charge < -0.3 is 5.32 Å². The van der Waals surface area contributed by atoms with Crippen LogP contribution in [-0.4, -0.2) is 48.5 Å². The number of carbonyl (C=O) groups excluding carboxylic acids is 1. The Balaban J connectivity index is 2.04. The number of tetrazole rings is 1. The molecule has 3 rings (SSSR count). The predicted octanol–water partition coefficient (Wildman–Crippen LogP) is 2.96. The van der Waals surface area contributed by atoms with Gasteiger partial charge in [0.1, 0.15) is 11.6 Å². The summed E-state index contributed by atoms with van der Waals surface area (Å²) in [6, 6.07) is 2.02. The molecule has 1 unspecified atom stereocenters. The van der Waals surface area contributed by atoms with E-state index in [0.717, 1.165) is 24.0 Å². The van der Waals surface area contributed by atoms with Crippen LogP contribution in [0.4, 0.5) is 13.6 Å². The number of aromatic nitrogens is 5. The van der Waals surface area contributed by atoms with E-state index < -0.39 is 23.7 Å². The lowest BCUT2D eigenvalue weighted by molar-refractivity contribution is -0.0193. The molecule has 29 heavy (non-hydrogen) atoms. The molecule has 9 nitrogen and oxygen atoms in total. The number of amides is 2. The molecular formula is C17H16ClF2N7O2. The molecule has 0 aliphatic heterocycles. The average molecular weight is 424 g/mol. The molecule has 0 saturated heterocycles. The Hall–Kier alpha value is -3.18. The zero-order valence-electron chi connectivity index (χ0n) is 15.6. The third-order valence-corrected chi connectivity index (χ3v) is 4.23. The predicted molar refractivity (Wildman–Crippen MR) is 98.9 cm³/mol. The van der Waals surface area contributed by atoms with Gasteiger partial charge in [-0.2, -0.15) is 4.80 Å². The van der Waals surface area contributed by atoms with Crippen molar-refractivity contribution in [3.05, 3.63) is 46.7 Å². The summed E-state index contributed by atoms with van der Waals surface area (Å²) < 4.78 is 29.3. The zero-order valence-corrected chi connectivity index (χ0v) is 16.3. The SMILES string of the molecule is CC(NC(=O)N(C)O)c1ncc(-c2cc(Cl)cc(F)c2-c2nnn(C)n2)cc1F. The van der Waals surface area contributed by atoms with Gasteiger partial charge in [-0.25, -0.2) is 18.6 Å². The van der Waals surface area contributed by atoms with Crippen LogP contribution < -0.4 is 5.32 Å². The summed E-state index contributed by atoms with van der Waals surface area (Å²) >= 11 is 5.98. The van der Waals surface area contributed by atoms with E-state index >= 15 is 0 Å². The molecular weight excluding hydrogens is 408 g/mol. The smallest absolute Gasteiger partial charge is 0.328 e. The molecule has 0 bridgehead atoms. The second-order valence-electron chi connectivity index (χ2n) is 6.20. The third kappa shape index (κ3) is 4.30. The first-order chi connectivity index (χ1) is 13.7. The van der Waals surface area contributed by atoms with Crippen molar-refractivity contribution in [1.82, 2.24) is 35.6 Å². The van der Waals surface area contributed by atoms with Gasteiger partial charge in [0.15, 0.2) is 0 Å². The molecule has 3 aromatic rings. The van der Waals surface area contributed by atoms with Gasteiger partial charge in [-0.1, -0.05) is 11.6 Å². The standard InChI is InChI=1S/C17H16ClF2N7O2/c1-8(22-17(28)26(2)29)15-13(20)4-9(7-21-15)11-5-10(18)6-12(19)14(11)16-23-25-27(3)24-16/h4-8,29H,1-3H3,(H,22,28). The van der Waals surface area contributed by atoms with Gasteiger partial charge in [0.25, 0.3) is 0 Å². The number of carbonyl (C=O) groups is 1. The number of benzene rings is 1. The lowest BCUT2D eigenvalue weighted by atomic mass is 9.99. The fraction of sp³-hybridized carbons (Fsp3) is 0.235. The Morgan fingerprint density at radius 3 is 2.62 bits per heavy atom. The quantitative estimate of drug-likeness (QED) is 0.493.